The molecular formula is C18H19FN2O4. The maximum atomic E-state index is 13.0. The highest BCUT2D eigenvalue weighted by atomic mass is 19.1. The van der Waals surface area contributed by atoms with E-state index in [1.165, 1.54) is 24.5 Å². The molecule has 3 rings (SSSR count). The van der Waals surface area contributed by atoms with Gasteiger partial charge in [-0.1, -0.05) is 0 Å². The van der Waals surface area contributed by atoms with Crippen LogP contribution in [-0.2, 0) is 4.79 Å². The Labute approximate surface area is 144 Å². The van der Waals surface area contributed by atoms with Crippen molar-refractivity contribution in [3.8, 4) is 5.75 Å². The summed E-state index contributed by atoms with van der Waals surface area (Å²) in [5, 5.41) is 0. The van der Waals surface area contributed by atoms with Crippen molar-refractivity contribution in [3.63, 3.8) is 0 Å². The Balaban J connectivity index is 1.53. The van der Waals surface area contributed by atoms with Crippen LogP contribution in [0.5, 0.6) is 5.75 Å². The van der Waals surface area contributed by atoms with Crippen LogP contribution in [-0.4, -0.2) is 43.6 Å². The summed E-state index contributed by atoms with van der Waals surface area (Å²) in [5.41, 5.74) is 0.625. The van der Waals surface area contributed by atoms with Gasteiger partial charge in [-0.05, 0) is 31.2 Å². The number of hydrogen-bond acceptors (Lipinski definition) is 5. The summed E-state index contributed by atoms with van der Waals surface area (Å²) in [6, 6.07) is 7.57. The fourth-order valence-corrected chi connectivity index (χ4v) is 2.76. The van der Waals surface area contributed by atoms with E-state index in [9.17, 15) is 14.0 Å². The zero-order valence-electron chi connectivity index (χ0n) is 13.9. The van der Waals surface area contributed by atoms with Crippen molar-refractivity contribution in [2.45, 2.75) is 6.92 Å². The van der Waals surface area contributed by atoms with E-state index in [2.05, 4.69) is 4.90 Å². The van der Waals surface area contributed by atoms with Crippen LogP contribution in [0.2, 0.25) is 0 Å². The van der Waals surface area contributed by atoms with E-state index in [1.54, 1.807) is 24.0 Å². The number of anilines is 1. The summed E-state index contributed by atoms with van der Waals surface area (Å²) in [5.74, 6) is -0.0287. The van der Waals surface area contributed by atoms with E-state index in [-0.39, 0.29) is 29.5 Å². The number of amides is 1. The Bertz CT molecular complexity index is 795. The third kappa shape index (κ3) is 3.99. The molecule has 0 bridgehead atoms. The molecule has 1 saturated heterocycles. The number of halogens is 1. The highest BCUT2D eigenvalue weighted by molar-refractivity contribution is 5.78. The largest absolute Gasteiger partial charge is 0.476 e. The SMILES string of the molecule is Cc1occc(=O)c1OCC(=O)N1CCN(c2ccc(F)cc2)CC1. The zero-order valence-corrected chi connectivity index (χ0v) is 13.9. The molecule has 1 fully saturated rings. The standard InChI is InChI=1S/C18H19FN2O4/c1-13-18(16(22)6-11-24-13)25-12-17(23)21-9-7-20(8-10-21)15-4-2-14(19)3-5-15/h2-6,11H,7-10,12H2,1H3. The Morgan fingerprint density at radius 1 is 1.16 bits per heavy atom. The van der Waals surface area contributed by atoms with Gasteiger partial charge in [0.05, 0.1) is 6.26 Å². The summed E-state index contributed by atoms with van der Waals surface area (Å²) in [6.45, 7) is 3.81. The number of carbonyl (C=O) groups excluding carboxylic acids is 1. The quantitative estimate of drug-likeness (QED) is 0.845. The van der Waals surface area contributed by atoms with Crippen molar-refractivity contribution in [2.75, 3.05) is 37.7 Å². The van der Waals surface area contributed by atoms with Crippen LogP contribution in [0.25, 0.3) is 0 Å². The number of nitrogens with zero attached hydrogens (tertiary/aromatic N) is 2. The Morgan fingerprint density at radius 3 is 2.48 bits per heavy atom. The summed E-state index contributed by atoms with van der Waals surface area (Å²) < 4.78 is 23.4. The molecule has 0 N–H and O–H groups in total. The predicted molar refractivity (Wildman–Crippen MR) is 90.4 cm³/mol. The van der Waals surface area contributed by atoms with Gasteiger partial charge in [0, 0.05) is 37.9 Å². The maximum absolute atomic E-state index is 13.0. The van der Waals surface area contributed by atoms with Gasteiger partial charge in [-0.3, -0.25) is 9.59 Å². The minimum Gasteiger partial charge on any atom is -0.476 e. The molecule has 132 valence electrons. The third-order valence-corrected chi connectivity index (χ3v) is 4.17. The van der Waals surface area contributed by atoms with E-state index in [0.29, 0.717) is 31.9 Å². The van der Waals surface area contributed by atoms with Crippen LogP contribution in [0.3, 0.4) is 0 Å². The van der Waals surface area contributed by atoms with Crippen molar-refractivity contribution >= 4 is 11.6 Å². The summed E-state index contributed by atoms with van der Waals surface area (Å²) in [6.07, 6.45) is 1.29. The van der Waals surface area contributed by atoms with E-state index < -0.39 is 0 Å². The molecule has 0 unspecified atom stereocenters. The molecule has 6 nitrogen and oxygen atoms in total. The molecule has 1 aromatic carbocycles. The molecule has 0 saturated carbocycles. The summed E-state index contributed by atoms with van der Waals surface area (Å²) in [7, 11) is 0. The first kappa shape index (κ1) is 17.0. The molecule has 1 aromatic heterocycles. The second-order valence-electron chi connectivity index (χ2n) is 5.80. The minimum atomic E-state index is -0.308. The predicted octanol–water partition coefficient (Wildman–Crippen LogP) is 1.81. The molecule has 0 spiro atoms. The monoisotopic (exact) mass is 346 g/mol. The van der Waals surface area contributed by atoms with Crippen LogP contribution < -0.4 is 15.1 Å². The van der Waals surface area contributed by atoms with E-state index >= 15 is 0 Å². The smallest absolute Gasteiger partial charge is 0.260 e. The van der Waals surface area contributed by atoms with E-state index in [4.69, 9.17) is 9.15 Å². The fraction of sp³-hybridized carbons (Fsp3) is 0.333. The Morgan fingerprint density at radius 2 is 1.84 bits per heavy atom. The topological polar surface area (TPSA) is 63.0 Å². The van der Waals surface area contributed by atoms with Gasteiger partial charge in [-0.25, -0.2) is 4.39 Å². The third-order valence-electron chi connectivity index (χ3n) is 4.17. The number of rotatable bonds is 4. The summed E-state index contributed by atoms with van der Waals surface area (Å²) >= 11 is 0. The van der Waals surface area contributed by atoms with Gasteiger partial charge in [-0.15, -0.1) is 0 Å². The lowest BCUT2D eigenvalue weighted by molar-refractivity contribution is -0.133. The van der Waals surface area contributed by atoms with Crippen molar-refractivity contribution in [1.82, 2.24) is 4.90 Å². The Kier molecular flexibility index (Phi) is 5.02. The van der Waals surface area contributed by atoms with Gasteiger partial charge in [-0.2, -0.15) is 0 Å². The lowest BCUT2D eigenvalue weighted by atomic mass is 10.2. The average molecular weight is 346 g/mol. The number of aryl methyl sites for hydroxylation is 1. The van der Waals surface area contributed by atoms with Gasteiger partial charge >= 0.3 is 0 Å². The van der Waals surface area contributed by atoms with Crippen LogP contribution in [0.4, 0.5) is 10.1 Å². The molecule has 7 heteroatoms. The molecule has 1 aliphatic heterocycles. The minimum absolute atomic E-state index is 0.0702. The van der Waals surface area contributed by atoms with Crippen molar-refractivity contribution < 1.29 is 18.3 Å². The molecule has 0 atom stereocenters. The van der Waals surface area contributed by atoms with E-state index in [1.807, 2.05) is 0 Å². The molecule has 2 aromatic rings. The molecule has 0 radical (unpaired) electrons. The van der Waals surface area contributed by atoms with Gasteiger partial charge in [0.2, 0.25) is 11.2 Å². The van der Waals surface area contributed by atoms with Crippen molar-refractivity contribution in [3.05, 3.63) is 58.4 Å². The van der Waals surface area contributed by atoms with Crippen molar-refractivity contribution in [2.24, 2.45) is 0 Å². The second-order valence-corrected chi connectivity index (χ2v) is 5.80. The van der Waals surface area contributed by atoms with Gasteiger partial charge < -0.3 is 19.0 Å². The number of piperazine rings is 1. The molecular weight excluding hydrogens is 327 g/mol. The van der Waals surface area contributed by atoms with Crippen LogP contribution in [0, 0.1) is 12.7 Å². The number of benzene rings is 1. The zero-order chi connectivity index (χ0) is 17.8. The number of ether oxygens (including phenoxy) is 1. The average Bonchev–Trinajstić information content (AvgIpc) is 2.62. The number of carbonyl (C=O) groups is 1. The molecule has 1 amide bonds. The maximum Gasteiger partial charge on any atom is 0.260 e. The van der Waals surface area contributed by atoms with Gasteiger partial charge in [0.25, 0.3) is 5.91 Å². The normalized spacial score (nSPS) is 14.5. The van der Waals surface area contributed by atoms with Gasteiger partial charge in [0.1, 0.15) is 11.6 Å². The first-order chi connectivity index (χ1) is 12.0. The van der Waals surface area contributed by atoms with E-state index in [0.717, 1.165) is 5.69 Å². The first-order valence-corrected chi connectivity index (χ1v) is 8.04. The fourth-order valence-electron chi connectivity index (χ4n) is 2.76. The second kappa shape index (κ2) is 7.38. The molecule has 0 aliphatic carbocycles. The van der Waals surface area contributed by atoms with Gasteiger partial charge in [0.15, 0.2) is 6.61 Å². The molecule has 1 aliphatic rings. The highest BCUT2D eigenvalue weighted by Crippen LogP contribution is 2.17. The van der Waals surface area contributed by atoms with Crippen LogP contribution in [0.15, 0.2) is 45.8 Å². The summed E-state index contributed by atoms with van der Waals surface area (Å²) in [4.78, 5) is 27.8. The highest BCUT2D eigenvalue weighted by Gasteiger charge is 2.22. The Hall–Kier alpha value is -2.83. The van der Waals surface area contributed by atoms with Crippen LogP contribution in [0.1, 0.15) is 5.76 Å². The molecule has 2 heterocycles. The lowest BCUT2D eigenvalue weighted by Crippen LogP contribution is -2.50. The number of hydrogen-bond donors (Lipinski definition) is 0. The van der Waals surface area contributed by atoms with Crippen molar-refractivity contribution in [1.29, 1.82) is 0 Å². The van der Waals surface area contributed by atoms with Crippen LogP contribution >= 0.6 is 0 Å². The lowest BCUT2D eigenvalue weighted by Gasteiger charge is -2.36. The first-order valence-electron chi connectivity index (χ1n) is 8.04. The molecule has 25 heavy (non-hydrogen) atoms.